The van der Waals surface area contributed by atoms with E-state index in [2.05, 4.69) is 44.7 Å². The van der Waals surface area contributed by atoms with Crippen LogP contribution < -0.4 is 4.74 Å². The second kappa shape index (κ2) is 6.24. The van der Waals surface area contributed by atoms with Gasteiger partial charge in [0.05, 0.1) is 12.3 Å². The summed E-state index contributed by atoms with van der Waals surface area (Å²) < 4.78 is 8.54. The summed E-state index contributed by atoms with van der Waals surface area (Å²) >= 11 is 3.52. The molecule has 0 bridgehead atoms. The van der Waals surface area contributed by atoms with Crippen LogP contribution in [-0.4, -0.2) is 16.2 Å². The van der Waals surface area contributed by atoms with Crippen LogP contribution >= 0.6 is 15.9 Å². The lowest BCUT2D eigenvalue weighted by atomic mass is 10.1. The monoisotopic (exact) mass is 322 g/mol. The molecule has 0 fully saturated rings. The first-order valence-electron chi connectivity index (χ1n) is 6.51. The molecular formula is C15H19BrN2O. The fourth-order valence-electron chi connectivity index (χ4n) is 2.07. The van der Waals surface area contributed by atoms with Crippen molar-refractivity contribution in [2.45, 2.75) is 26.7 Å². The molecule has 1 aromatic carbocycles. The van der Waals surface area contributed by atoms with E-state index >= 15 is 0 Å². The molecule has 0 aliphatic rings. The molecule has 4 heteroatoms. The van der Waals surface area contributed by atoms with Crippen LogP contribution in [0.25, 0.3) is 0 Å². The third-order valence-electron chi connectivity index (χ3n) is 3.27. The van der Waals surface area contributed by atoms with Crippen LogP contribution in [0.3, 0.4) is 0 Å². The molecule has 2 rings (SSSR count). The number of nitrogens with zero attached hydrogens (tertiary/aromatic N) is 2. The van der Waals surface area contributed by atoms with Crippen LogP contribution in [0.1, 0.15) is 24.0 Å². The Morgan fingerprint density at radius 3 is 2.42 bits per heavy atom. The fraction of sp³-hybridized carbons (Fsp3) is 0.400. The smallest absolute Gasteiger partial charge is 0.127 e. The van der Waals surface area contributed by atoms with Crippen LogP contribution in [0.15, 0.2) is 28.9 Å². The van der Waals surface area contributed by atoms with Gasteiger partial charge in [-0.1, -0.05) is 12.1 Å². The normalized spacial score (nSPS) is 10.7. The zero-order valence-electron chi connectivity index (χ0n) is 11.6. The topological polar surface area (TPSA) is 27.1 Å². The predicted molar refractivity (Wildman–Crippen MR) is 80.7 cm³/mol. The Bertz CT molecular complexity index is 546. The Balaban J connectivity index is 2.02. The molecule has 0 aliphatic heterocycles. The van der Waals surface area contributed by atoms with Crippen LogP contribution in [-0.2, 0) is 19.9 Å². The van der Waals surface area contributed by atoms with E-state index in [1.54, 1.807) is 0 Å². The quantitative estimate of drug-likeness (QED) is 0.839. The molecule has 0 N–H and O–H groups in total. The summed E-state index contributed by atoms with van der Waals surface area (Å²) in [6, 6.07) is 8.31. The minimum Gasteiger partial charge on any atom is -0.494 e. The summed E-state index contributed by atoms with van der Waals surface area (Å²) in [4.78, 5) is 4.42. The van der Waals surface area contributed by atoms with Crippen molar-refractivity contribution >= 4 is 15.9 Å². The number of hydrogen-bond acceptors (Lipinski definition) is 2. The van der Waals surface area contributed by atoms with E-state index in [9.17, 15) is 0 Å². The van der Waals surface area contributed by atoms with Crippen molar-refractivity contribution in [2.75, 3.05) is 6.61 Å². The van der Waals surface area contributed by atoms with Gasteiger partial charge in [-0.2, -0.15) is 0 Å². The van der Waals surface area contributed by atoms with Gasteiger partial charge in [-0.3, -0.25) is 0 Å². The van der Waals surface area contributed by atoms with Crippen molar-refractivity contribution in [3.63, 3.8) is 0 Å². The molecular weight excluding hydrogens is 304 g/mol. The molecule has 1 aromatic heterocycles. The Hall–Kier alpha value is -1.29. The largest absolute Gasteiger partial charge is 0.494 e. The number of aromatic nitrogens is 2. The maximum atomic E-state index is 5.44. The summed E-state index contributed by atoms with van der Waals surface area (Å²) in [5.41, 5.74) is 2.56. The van der Waals surface area contributed by atoms with Crippen molar-refractivity contribution in [1.82, 2.24) is 9.55 Å². The highest BCUT2D eigenvalue weighted by molar-refractivity contribution is 9.10. The van der Waals surface area contributed by atoms with Crippen molar-refractivity contribution in [2.24, 2.45) is 7.05 Å². The minimum absolute atomic E-state index is 0.709. The lowest BCUT2D eigenvalue weighted by Crippen LogP contribution is -2.01. The summed E-state index contributed by atoms with van der Waals surface area (Å²) in [6.07, 6.45) is 1.98. The number of rotatable bonds is 5. The predicted octanol–water partition coefficient (Wildman–Crippen LogP) is 3.67. The molecule has 3 nitrogen and oxygen atoms in total. The summed E-state index contributed by atoms with van der Waals surface area (Å²) in [5, 5.41) is 0. The first-order chi connectivity index (χ1) is 9.11. The Morgan fingerprint density at radius 2 is 1.89 bits per heavy atom. The van der Waals surface area contributed by atoms with E-state index in [1.165, 1.54) is 11.3 Å². The molecule has 0 aliphatic carbocycles. The van der Waals surface area contributed by atoms with Gasteiger partial charge in [0.25, 0.3) is 0 Å². The van der Waals surface area contributed by atoms with Crippen LogP contribution in [0.4, 0.5) is 0 Å². The molecule has 0 unspecified atom stereocenters. The van der Waals surface area contributed by atoms with Gasteiger partial charge in [-0.25, -0.2) is 4.98 Å². The van der Waals surface area contributed by atoms with Gasteiger partial charge >= 0.3 is 0 Å². The second-order valence-electron chi connectivity index (χ2n) is 4.53. The van der Waals surface area contributed by atoms with E-state index in [1.807, 2.05) is 26.0 Å². The van der Waals surface area contributed by atoms with Crippen LogP contribution in [0, 0.1) is 6.92 Å². The number of ether oxygens (including phenoxy) is 1. The molecule has 0 radical (unpaired) electrons. The summed E-state index contributed by atoms with van der Waals surface area (Å²) in [6.45, 7) is 4.72. The molecule has 0 saturated heterocycles. The Kier molecular flexibility index (Phi) is 4.64. The number of aryl methyl sites for hydroxylation is 2. The fourth-order valence-corrected chi connectivity index (χ4v) is 2.79. The van der Waals surface area contributed by atoms with Crippen molar-refractivity contribution in [3.05, 3.63) is 46.0 Å². The highest BCUT2D eigenvalue weighted by Crippen LogP contribution is 2.19. The van der Waals surface area contributed by atoms with Gasteiger partial charge in [0.1, 0.15) is 16.2 Å². The molecule has 19 heavy (non-hydrogen) atoms. The lowest BCUT2D eigenvalue weighted by molar-refractivity contribution is 0.340. The summed E-state index contributed by atoms with van der Waals surface area (Å²) in [7, 11) is 2.06. The molecule has 1 heterocycles. The highest BCUT2D eigenvalue weighted by Gasteiger charge is 2.09. The first kappa shape index (κ1) is 14.1. The van der Waals surface area contributed by atoms with Crippen molar-refractivity contribution in [3.8, 4) is 5.75 Å². The zero-order valence-corrected chi connectivity index (χ0v) is 13.2. The average Bonchev–Trinajstić information content (AvgIpc) is 2.64. The molecule has 0 saturated carbocycles. The third-order valence-corrected chi connectivity index (χ3v) is 3.91. The number of hydrogen-bond donors (Lipinski definition) is 0. The van der Waals surface area contributed by atoms with Gasteiger partial charge in [-0.15, -0.1) is 0 Å². The molecule has 0 spiro atoms. The van der Waals surface area contributed by atoms with Gasteiger partial charge in [-0.05, 0) is 60.3 Å². The Labute approximate surface area is 122 Å². The van der Waals surface area contributed by atoms with E-state index in [0.717, 1.165) is 29.0 Å². The van der Waals surface area contributed by atoms with E-state index in [4.69, 9.17) is 4.74 Å². The molecule has 0 atom stereocenters. The SMILES string of the molecule is CCOc1ccc(CCc2c(Br)nc(C)n2C)cc1. The van der Waals surface area contributed by atoms with Gasteiger partial charge < -0.3 is 9.30 Å². The van der Waals surface area contributed by atoms with Gasteiger partial charge in [0.15, 0.2) is 0 Å². The van der Waals surface area contributed by atoms with E-state index in [-0.39, 0.29) is 0 Å². The molecule has 0 amide bonds. The van der Waals surface area contributed by atoms with Crippen molar-refractivity contribution < 1.29 is 4.74 Å². The first-order valence-corrected chi connectivity index (χ1v) is 7.30. The average molecular weight is 323 g/mol. The van der Waals surface area contributed by atoms with Gasteiger partial charge in [0, 0.05) is 7.05 Å². The van der Waals surface area contributed by atoms with Crippen LogP contribution in [0.5, 0.6) is 5.75 Å². The van der Waals surface area contributed by atoms with E-state index in [0.29, 0.717) is 6.61 Å². The van der Waals surface area contributed by atoms with E-state index < -0.39 is 0 Å². The maximum absolute atomic E-state index is 5.44. The maximum Gasteiger partial charge on any atom is 0.127 e. The highest BCUT2D eigenvalue weighted by atomic mass is 79.9. The number of halogens is 1. The summed E-state index contributed by atoms with van der Waals surface area (Å²) in [5.74, 6) is 1.97. The third kappa shape index (κ3) is 3.38. The minimum atomic E-state index is 0.709. The Morgan fingerprint density at radius 1 is 1.21 bits per heavy atom. The standard InChI is InChI=1S/C15H19BrN2O/c1-4-19-13-8-5-12(6-9-13)7-10-14-15(16)17-11(2)18(14)3/h5-6,8-9H,4,7,10H2,1-3H3. The molecule has 102 valence electrons. The zero-order chi connectivity index (χ0) is 13.8. The number of imidazole rings is 1. The van der Waals surface area contributed by atoms with Crippen LogP contribution in [0.2, 0.25) is 0 Å². The molecule has 2 aromatic rings. The number of benzene rings is 1. The van der Waals surface area contributed by atoms with Crippen molar-refractivity contribution in [1.29, 1.82) is 0 Å². The lowest BCUT2D eigenvalue weighted by Gasteiger charge is -2.06. The van der Waals surface area contributed by atoms with Gasteiger partial charge in [0.2, 0.25) is 0 Å². The second-order valence-corrected chi connectivity index (χ2v) is 5.28.